The van der Waals surface area contributed by atoms with E-state index in [1.54, 1.807) is 24.3 Å². The highest BCUT2D eigenvalue weighted by Gasteiger charge is 2.14. The highest BCUT2D eigenvalue weighted by molar-refractivity contribution is 5.76. The maximum absolute atomic E-state index is 12.5. The van der Waals surface area contributed by atoms with Gasteiger partial charge in [0.25, 0.3) is 5.56 Å². The summed E-state index contributed by atoms with van der Waals surface area (Å²) in [6, 6.07) is 10.7. The summed E-state index contributed by atoms with van der Waals surface area (Å²) in [5.74, 6) is 2.58. The molecule has 2 heterocycles. The van der Waals surface area contributed by atoms with Crippen molar-refractivity contribution in [3.8, 4) is 34.4 Å². The molecule has 0 aliphatic carbocycles. The van der Waals surface area contributed by atoms with E-state index >= 15 is 0 Å². The normalized spacial score (nSPS) is 11.8. The topological polar surface area (TPSA) is 125 Å². The number of fused-ring (bicyclic) bond motifs is 1. The van der Waals surface area contributed by atoms with E-state index in [4.69, 9.17) is 18.9 Å². The van der Waals surface area contributed by atoms with Crippen LogP contribution in [0.25, 0.3) is 11.4 Å². The SMILES string of the molecule is CCOc1ccc(-c2nnc(CCC(=O)NCc3ccc4c(c3)OCO4)c(=O)[nH]2)cc1OC. The van der Waals surface area contributed by atoms with Crippen LogP contribution in [0.1, 0.15) is 24.6 Å². The molecule has 0 saturated heterocycles. The number of H-pyrrole nitrogens is 1. The third-order valence-electron chi connectivity index (χ3n) is 5.02. The van der Waals surface area contributed by atoms with Crippen molar-refractivity contribution in [1.82, 2.24) is 20.5 Å². The third-order valence-corrected chi connectivity index (χ3v) is 5.02. The number of nitrogens with one attached hydrogen (secondary N) is 2. The van der Waals surface area contributed by atoms with E-state index < -0.39 is 5.56 Å². The number of aromatic nitrogens is 3. The Kier molecular flexibility index (Phi) is 6.72. The molecule has 3 aromatic rings. The van der Waals surface area contributed by atoms with Gasteiger partial charge in [0, 0.05) is 24.9 Å². The van der Waals surface area contributed by atoms with Crippen LogP contribution < -0.4 is 29.8 Å². The molecule has 1 amide bonds. The molecule has 0 atom stereocenters. The Bertz CT molecular complexity index is 1210. The van der Waals surface area contributed by atoms with E-state index in [0.29, 0.717) is 47.5 Å². The molecule has 0 fully saturated rings. The average Bonchev–Trinajstić information content (AvgIpc) is 3.30. The summed E-state index contributed by atoms with van der Waals surface area (Å²) in [5, 5.41) is 11.0. The van der Waals surface area contributed by atoms with Crippen molar-refractivity contribution >= 4 is 5.91 Å². The molecule has 0 unspecified atom stereocenters. The van der Waals surface area contributed by atoms with Crippen molar-refractivity contribution < 1.29 is 23.7 Å². The summed E-state index contributed by atoms with van der Waals surface area (Å²) in [5.41, 5.74) is 1.32. The second kappa shape index (κ2) is 10.0. The van der Waals surface area contributed by atoms with Gasteiger partial charge < -0.3 is 29.2 Å². The van der Waals surface area contributed by atoms with Crippen molar-refractivity contribution in [2.75, 3.05) is 20.5 Å². The lowest BCUT2D eigenvalue weighted by Gasteiger charge is -2.10. The standard InChI is InChI=1S/C23H24N4O6/c1-3-31-17-8-5-15(11-19(17)30-2)22-25-23(29)16(26-27-22)6-9-21(28)24-12-14-4-7-18-20(10-14)33-13-32-18/h4-5,7-8,10-11H,3,6,9,12-13H2,1-2H3,(H,24,28)(H,25,27,29). The number of aryl methyl sites for hydroxylation is 1. The second-order valence-electron chi connectivity index (χ2n) is 7.21. The zero-order valence-corrected chi connectivity index (χ0v) is 18.3. The van der Waals surface area contributed by atoms with Gasteiger partial charge in [0.15, 0.2) is 28.8 Å². The van der Waals surface area contributed by atoms with Gasteiger partial charge >= 0.3 is 0 Å². The molecule has 10 heteroatoms. The lowest BCUT2D eigenvalue weighted by Crippen LogP contribution is -2.25. The molecule has 0 saturated carbocycles. The van der Waals surface area contributed by atoms with Crippen LogP contribution in [-0.4, -0.2) is 41.6 Å². The van der Waals surface area contributed by atoms with E-state index in [2.05, 4.69) is 20.5 Å². The Labute approximate surface area is 189 Å². The molecule has 4 rings (SSSR count). The molecule has 1 aliphatic rings. The zero-order valence-electron chi connectivity index (χ0n) is 18.3. The zero-order chi connectivity index (χ0) is 23.2. The third kappa shape index (κ3) is 5.22. The first kappa shape index (κ1) is 22.1. The molecule has 10 nitrogen and oxygen atoms in total. The van der Waals surface area contributed by atoms with E-state index in [9.17, 15) is 9.59 Å². The molecule has 0 bridgehead atoms. The Hall–Kier alpha value is -4.08. The largest absolute Gasteiger partial charge is 0.493 e. The number of methoxy groups -OCH3 is 1. The van der Waals surface area contributed by atoms with Gasteiger partial charge in [-0.05, 0) is 42.8 Å². The Balaban J connectivity index is 1.34. The lowest BCUT2D eigenvalue weighted by molar-refractivity contribution is -0.121. The second-order valence-corrected chi connectivity index (χ2v) is 7.21. The van der Waals surface area contributed by atoms with Crippen molar-refractivity contribution in [1.29, 1.82) is 0 Å². The summed E-state index contributed by atoms with van der Waals surface area (Å²) in [7, 11) is 1.54. The predicted molar refractivity (Wildman–Crippen MR) is 119 cm³/mol. The fourth-order valence-corrected chi connectivity index (χ4v) is 3.32. The van der Waals surface area contributed by atoms with Crippen LogP contribution in [0, 0.1) is 0 Å². The Morgan fingerprint density at radius 3 is 2.76 bits per heavy atom. The summed E-state index contributed by atoms with van der Waals surface area (Å²) in [4.78, 5) is 27.4. The number of carbonyl (C=O) groups is 1. The minimum Gasteiger partial charge on any atom is -0.493 e. The van der Waals surface area contributed by atoms with E-state index in [-0.39, 0.29) is 31.2 Å². The summed E-state index contributed by atoms with van der Waals surface area (Å²) >= 11 is 0. The van der Waals surface area contributed by atoms with Crippen LogP contribution >= 0.6 is 0 Å². The van der Waals surface area contributed by atoms with Crippen LogP contribution in [0.15, 0.2) is 41.2 Å². The smallest absolute Gasteiger partial charge is 0.273 e. The first-order valence-corrected chi connectivity index (χ1v) is 10.5. The first-order chi connectivity index (χ1) is 16.1. The summed E-state index contributed by atoms with van der Waals surface area (Å²) in [6.45, 7) is 2.93. The minimum atomic E-state index is -0.392. The van der Waals surface area contributed by atoms with Gasteiger partial charge in [0.2, 0.25) is 12.7 Å². The molecule has 2 aromatic carbocycles. The molecular formula is C23H24N4O6. The number of aromatic amines is 1. The number of benzene rings is 2. The van der Waals surface area contributed by atoms with Crippen LogP contribution in [0.2, 0.25) is 0 Å². The number of hydrogen-bond donors (Lipinski definition) is 2. The number of rotatable bonds is 9. The molecular weight excluding hydrogens is 428 g/mol. The lowest BCUT2D eigenvalue weighted by atomic mass is 10.2. The number of amides is 1. The van der Waals surface area contributed by atoms with Gasteiger partial charge in [-0.15, -0.1) is 10.2 Å². The van der Waals surface area contributed by atoms with Gasteiger partial charge in [-0.1, -0.05) is 6.07 Å². The quantitative estimate of drug-likeness (QED) is 0.506. The van der Waals surface area contributed by atoms with Crippen molar-refractivity contribution in [2.45, 2.75) is 26.3 Å². The number of hydrogen-bond acceptors (Lipinski definition) is 8. The maximum Gasteiger partial charge on any atom is 0.273 e. The van der Waals surface area contributed by atoms with Crippen LogP contribution in [-0.2, 0) is 17.8 Å². The number of nitrogens with zero attached hydrogens (tertiary/aromatic N) is 2. The van der Waals surface area contributed by atoms with Gasteiger partial charge in [-0.3, -0.25) is 9.59 Å². The van der Waals surface area contributed by atoms with Gasteiger partial charge in [0.1, 0.15) is 5.69 Å². The fraction of sp³-hybridized carbons (Fsp3) is 0.304. The van der Waals surface area contributed by atoms with Crippen LogP contribution in [0.4, 0.5) is 0 Å². The molecule has 0 radical (unpaired) electrons. The molecule has 33 heavy (non-hydrogen) atoms. The number of ether oxygens (including phenoxy) is 4. The fourth-order valence-electron chi connectivity index (χ4n) is 3.32. The van der Waals surface area contributed by atoms with Crippen molar-refractivity contribution in [3.63, 3.8) is 0 Å². The van der Waals surface area contributed by atoms with E-state index in [0.717, 1.165) is 5.56 Å². The highest BCUT2D eigenvalue weighted by atomic mass is 16.7. The Morgan fingerprint density at radius 2 is 1.97 bits per heavy atom. The number of carbonyl (C=O) groups excluding carboxylic acids is 1. The van der Waals surface area contributed by atoms with Gasteiger partial charge in [-0.2, -0.15) is 0 Å². The minimum absolute atomic E-state index is 0.110. The van der Waals surface area contributed by atoms with Crippen LogP contribution in [0.5, 0.6) is 23.0 Å². The van der Waals surface area contributed by atoms with Crippen molar-refractivity contribution in [2.24, 2.45) is 0 Å². The van der Waals surface area contributed by atoms with Crippen LogP contribution in [0.3, 0.4) is 0 Å². The monoisotopic (exact) mass is 452 g/mol. The molecule has 1 aromatic heterocycles. The molecule has 2 N–H and O–H groups in total. The summed E-state index contributed by atoms with van der Waals surface area (Å²) in [6.07, 6.45) is 0.278. The molecule has 0 spiro atoms. The first-order valence-electron chi connectivity index (χ1n) is 10.5. The van der Waals surface area contributed by atoms with Gasteiger partial charge in [0.05, 0.1) is 13.7 Å². The van der Waals surface area contributed by atoms with Gasteiger partial charge in [-0.25, -0.2) is 0 Å². The van der Waals surface area contributed by atoms with Crippen molar-refractivity contribution in [3.05, 3.63) is 58.0 Å². The van der Waals surface area contributed by atoms with E-state index in [1.165, 1.54) is 7.11 Å². The Morgan fingerprint density at radius 1 is 1.12 bits per heavy atom. The maximum atomic E-state index is 12.5. The van der Waals surface area contributed by atoms with E-state index in [1.807, 2.05) is 19.1 Å². The molecule has 1 aliphatic heterocycles. The summed E-state index contributed by atoms with van der Waals surface area (Å²) < 4.78 is 21.4. The predicted octanol–water partition coefficient (Wildman–Crippen LogP) is 2.22. The molecule has 172 valence electrons. The highest BCUT2D eigenvalue weighted by Crippen LogP contribution is 2.32. The average molecular weight is 452 g/mol.